The number of fused-ring (bicyclic) bond motifs is 2. The standard InChI is InChI=1S/C19H18N2O6/c1-23-15-7-12-16(18(25-3)17(15)24-2)11(8-20-12)19(22)21-10-4-5-13-14(6-10)27-9-26-13/h4-8,20H,9H2,1-3H3,(H,21,22). The van der Waals surface area contributed by atoms with Crippen LogP contribution in [0.2, 0.25) is 0 Å². The van der Waals surface area contributed by atoms with Crippen LogP contribution in [-0.4, -0.2) is 39.0 Å². The number of aromatic nitrogens is 1. The summed E-state index contributed by atoms with van der Waals surface area (Å²) in [5, 5.41) is 3.47. The number of anilines is 1. The van der Waals surface area contributed by atoms with E-state index in [2.05, 4.69) is 10.3 Å². The van der Waals surface area contributed by atoms with E-state index in [-0.39, 0.29) is 12.7 Å². The fourth-order valence-electron chi connectivity index (χ4n) is 3.11. The highest BCUT2D eigenvalue weighted by Gasteiger charge is 2.23. The Labute approximate surface area is 154 Å². The lowest BCUT2D eigenvalue weighted by Gasteiger charge is -2.14. The van der Waals surface area contributed by atoms with Gasteiger partial charge in [-0.2, -0.15) is 0 Å². The van der Waals surface area contributed by atoms with E-state index in [4.69, 9.17) is 23.7 Å². The quantitative estimate of drug-likeness (QED) is 0.717. The smallest absolute Gasteiger partial charge is 0.257 e. The van der Waals surface area contributed by atoms with Gasteiger partial charge in [0.25, 0.3) is 5.91 Å². The summed E-state index contributed by atoms with van der Waals surface area (Å²) >= 11 is 0. The van der Waals surface area contributed by atoms with Gasteiger partial charge in [-0.15, -0.1) is 0 Å². The number of benzene rings is 2. The molecule has 0 spiro atoms. The maximum atomic E-state index is 12.9. The average molecular weight is 370 g/mol. The number of aromatic amines is 1. The van der Waals surface area contributed by atoms with Crippen LogP contribution in [0.4, 0.5) is 5.69 Å². The van der Waals surface area contributed by atoms with Crippen molar-refractivity contribution in [1.29, 1.82) is 0 Å². The molecule has 2 N–H and O–H groups in total. The second kappa shape index (κ2) is 6.64. The van der Waals surface area contributed by atoms with Gasteiger partial charge in [0.15, 0.2) is 23.0 Å². The summed E-state index contributed by atoms with van der Waals surface area (Å²) < 4.78 is 26.9. The molecule has 3 aromatic rings. The van der Waals surface area contributed by atoms with Gasteiger partial charge in [0.05, 0.1) is 37.8 Å². The summed E-state index contributed by atoms with van der Waals surface area (Å²) in [7, 11) is 4.58. The molecule has 2 heterocycles. The third kappa shape index (κ3) is 2.75. The lowest BCUT2D eigenvalue weighted by atomic mass is 10.1. The Bertz CT molecular complexity index is 1030. The first-order chi connectivity index (χ1) is 13.2. The molecule has 1 aromatic heterocycles. The molecule has 27 heavy (non-hydrogen) atoms. The molecule has 4 rings (SSSR count). The van der Waals surface area contributed by atoms with Gasteiger partial charge in [0, 0.05) is 24.0 Å². The molecule has 0 atom stereocenters. The summed E-state index contributed by atoms with van der Waals surface area (Å²) in [5.41, 5.74) is 1.71. The second-order valence-electron chi connectivity index (χ2n) is 5.79. The number of hydrogen-bond donors (Lipinski definition) is 2. The number of amides is 1. The Morgan fingerprint density at radius 1 is 1.04 bits per heavy atom. The highest BCUT2D eigenvalue weighted by atomic mass is 16.7. The predicted molar refractivity (Wildman–Crippen MR) is 98.5 cm³/mol. The first-order valence-corrected chi connectivity index (χ1v) is 8.17. The van der Waals surface area contributed by atoms with Crippen molar-refractivity contribution in [3.8, 4) is 28.7 Å². The molecule has 8 heteroatoms. The molecule has 0 bridgehead atoms. The second-order valence-corrected chi connectivity index (χ2v) is 5.79. The van der Waals surface area contributed by atoms with E-state index in [9.17, 15) is 4.79 Å². The summed E-state index contributed by atoms with van der Waals surface area (Å²) in [5.74, 6) is 2.29. The zero-order chi connectivity index (χ0) is 19.0. The Kier molecular flexibility index (Phi) is 4.15. The van der Waals surface area contributed by atoms with Gasteiger partial charge in [0.2, 0.25) is 12.5 Å². The Morgan fingerprint density at radius 2 is 1.81 bits per heavy atom. The van der Waals surface area contributed by atoms with Gasteiger partial charge in [-0.1, -0.05) is 0 Å². The van der Waals surface area contributed by atoms with Crippen LogP contribution in [0.25, 0.3) is 10.9 Å². The predicted octanol–water partition coefficient (Wildman–Crippen LogP) is 3.17. The zero-order valence-corrected chi connectivity index (χ0v) is 15.0. The largest absolute Gasteiger partial charge is 0.493 e. The molecular weight excluding hydrogens is 352 g/mol. The Balaban J connectivity index is 1.74. The van der Waals surface area contributed by atoms with Gasteiger partial charge >= 0.3 is 0 Å². The molecule has 0 unspecified atom stereocenters. The van der Waals surface area contributed by atoms with Crippen LogP contribution < -0.4 is 29.0 Å². The Hall–Kier alpha value is -3.55. The number of rotatable bonds is 5. The van der Waals surface area contributed by atoms with E-state index in [1.54, 1.807) is 37.6 Å². The van der Waals surface area contributed by atoms with Crippen molar-refractivity contribution in [2.45, 2.75) is 0 Å². The van der Waals surface area contributed by atoms with Crippen molar-refractivity contribution in [2.75, 3.05) is 33.4 Å². The highest BCUT2D eigenvalue weighted by molar-refractivity contribution is 6.15. The monoisotopic (exact) mass is 370 g/mol. The van der Waals surface area contributed by atoms with Crippen LogP contribution in [0.1, 0.15) is 10.4 Å². The minimum absolute atomic E-state index is 0.175. The minimum atomic E-state index is -0.300. The van der Waals surface area contributed by atoms with E-state index < -0.39 is 0 Å². The van der Waals surface area contributed by atoms with E-state index in [1.807, 2.05) is 0 Å². The fraction of sp³-hybridized carbons (Fsp3) is 0.211. The number of ether oxygens (including phenoxy) is 5. The number of methoxy groups -OCH3 is 3. The van der Waals surface area contributed by atoms with Gasteiger partial charge < -0.3 is 34.0 Å². The lowest BCUT2D eigenvalue weighted by molar-refractivity contribution is 0.102. The zero-order valence-electron chi connectivity index (χ0n) is 15.0. The van der Waals surface area contributed by atoms with E-state index in [0.717, 1.165) is 0 Å². The van der Waals surface area contributed by atoms with Crippen molar-refractivity contribution >= 4 is 22.5 Å². The molecule has 0 fully saturated rings. The molecule has 1 aliphatic rings. The van der Waals surface area contributed by atoms with Crippen LogP contribution in [0.15, 0.2) is 30.5 Å². The topological polar surface area (TPSA) is 91.0 Å². The fourth-order valence-corrected chi connectivity index (χ4v) is 3.11. The van der Waals surface area contributed by atoms with Crippen molar-refractivity contribution in [3.05, 3.63) is 36.0 Å². The van der Waals surface area contributed by atoms with Crippen molar-refractivity contribution in [1.82, 2.24) is 4.98 Å². The molecule has 1 aliphatic heterocycles. The Morgan fingerprint density at radius 3 is 2.56 bits per heavy atom. The lowest BCUT2D eigenvalue weighted by Crippen LogP contribution is -2.11. The molecule has 0 saturated carbocycles. The van der Waals surface area contributed by atoms with Crippen LogP contribution in [0.3, 0.4) is 0 Å². The molecular formula is C19H18N2O6. The highest BCUT2D eigenvalue weighted by Crippen LogP contribution is 2.44. The van der Waals surface area contributed by atoms with Crippen LogP contribution >= 0.6 is 0 Å². The number of carbonyl (C=O) groups excluding carboxylic acids is 1. The number of H-pyrrole nitrogens is 1. The molecule has 8 nitrogen and oxygen atoms in total. The van der Waals surface area contributed by atoms with Gasteiger partial charge in [0.1, 0.15) is 0 Å². The summed E-state index contributed by atoms with van der Waals surface area (Å²) in [4.78, 5) is 16.0. The molecule has 0 radical (unpaired) electrons. The van der Waals surface area contributed by atoms with E-state index in [0.29, 0.717) is 50.9 Å². The minimum Gasteiger partial charge on any atom is -0.493 e. The third-order valence-electron chi connectivity index (χ3n) is 4.35. The first kappa shape index (κ1) is 16.9. The van der Waals surface area contributed by atoms with Crippen molar-refractivity contribution < 1.29 is 28.5 Å². The summed E-state index contributed by atoms with van der Waals surface area (Å²) in [6, 6.07) is 6.98. The maximum Gasteiger partial charge on any atom is 0.257 e. The van der Waals surface area contributed by atoms with Crippen molar-refractivity contribution in [3.63, 3.8) is 0 Å². The maximum absolute atomic E-state index is 12.9. The third-order valence-corrected chi connectivity index (χ3v) is 4.35. The normalized spacial score (nSPS) is 12.1. The van der Waals surface area contributed by atoms with E-state index >= 15 is 0 Å². The summed E-state index contributed by atoms with van der Waals surface area (Å²) in [6.45, 7) is 0.175. The van der Waals surface area contributed by atoms with Crippen LogP contribution in [-0.2, 0) is 0 Å². The summed E-state index contributed by atoms with van der Waals surface area (Å²) in [6.07, 6.45) is 1.62. The molecule has 140 valence electrons. The SMILES string of the molecule is COc1cc2[nH]cc(C(=O)Nc3ccc4c(c3)OCO4)c2c(OC)c1OC. The van der Waals surface area contributed by atoms with Crippen LogP contribution in [0.5, 0.6) is 28.7 Å². The first-order valence-electron chi connectivity index (χ1n) is 8.17. The van der Waals surface area contributed by atoms with Gasteiger partial charge in [-0.25, -0.2) is 0 Å². The van der Waals surface area contributed by atoms with E-state index in [1.165, 1.54) is 14.2 Å². The number of carbonyl (C=O) groups is 1. The van der Waals surface area contributed by atoms with Gasteiger partial charge in [-0.3, -0.25) is 4.79 Å². The molecule has 2 aromatic carbocycles. The van der Waals surface area contributed by atoms with Crippen molar-refractivity contribution in [2.24, 2.45) is 0 Å². The molecule has 0 aliphatic carbocycles. The number of nitrogens with one attached hydrogen (secondary N) is 2. The molecule has 1 amide bonds. The number of hydrogen-bond acceptors (Lipinski definition) is 6. The molecule has 0 saturated heterocycles. The van der Waals surface area contributed by atoms with Crippen LogP contribution in [0, 0.1) is 0 Å². The van der Waals surface area contributed by atoms with Gasteiger partial charge in [-0.05, 0) is 12.1 Å². The average Bonchev–Trinajstić information content (AvgIpc) is 3.32.